The Morgan fingerprint density at radius 3 is 2.83 bits per heavy atom. The van der Waals surface area contributed by atoms with Crippen LogP contribution in [0.25, 0.3) is 0 Å². The molecule has 2 nitrogen and oxygen atoms in total. The van der Waals surface area contributed by atoms with Gasteiger partial charge in [-0.25, -0.2) is 0 Å². The van der Waals surface area contributed by atoms with Crippen molar-refractivity contribution >= 4 is 15.9 Å². The molecule has 1 aliphatic heterocycles. The molecule has 1 N–H and O–H groups in total. The molecule has 2 rings (SSSR count). The van der Waals surface area contributed by atoms with Gasteiger partial charge in [-0.3, -0.25) is 0 Å². The van der Waals surface area contributed by atoms with E-state index in [-0.39, 0.29) is 6.04 Å². The van der Waals surface area contributed by atoms with E-state index >= 15 is 0 Å². The molecule has 98 valence electrons. The zero-order chi connectivity index (χ0) is 13.0. The van der Waals surface area contributed by atoms with Crippen LogP contribution < -0.4 is 5.32 Å². The first kappa shape index (κ1) is 13.6. The molecule has 1 atom stereocenters. The van der Waals surface area contributed by atoms with Gasteiger partial charge in [0.15, 0.2) is 0 Å². The fraction of sp³-hybridized carbons (Fsp3) is 0.467. The fourth-order valence-corrected chi connectivity index (χ4v) is 2.92. The van der Waals surface area contributed by atoms with E-state index in [0.29, 0.717) is 0 Å². The maximum absolute atomic E-state index is 5.81. The molecule has 1 heterocycles. The van der Waals surface area contributed by atoms with Crippen molar-refractivity contribution in [3.8, 4) is 0 Å². The van der Waals surface area contributed by atoms with Crippen LogP contribution >= 0.6 is 15.9 Å². The van der Waals surface area contributed by atoms with Crippen molar-refractivity contribution in [3.63, 3.8) is 0 Å². The number of aryl methyl sites for hydroxylation is 1. The normalized spacial score (nSPS) is 16.9. The summed E-state index contributed by atoms with van der Waals surface area (Å²) in [5, 5.41) is 3.51. The predicted octanol–water partition coefficient (Wildman–Crippen LogP) is 4.10. The van der Waals surface area contributed by atoms with Gasteiger partial charge >= 0.3 is 0 Å². The number of rotatable bonds is 4. The summed E-state index contributed by atoms with van der Waals surface area (Å²) in [5.74, 6) is 1.07. The first-order chi connectivity index (χ1) is 8.70. The van der Waals surface area contributed by atoms with E-state index in [2.05, 4.69) is 59.4 Å². The van der Waals surface area contributed by atoms with E-state index in [1.807, 2.05) is 0 Å². The Kier molecular flexibility index (Phi) is 4.84. The second-order valence-electron chi connectivity index (χ2n) is 4.65. The number of benzene rings is 1. The van der Waals surface area contributed by atoms with Crippen molar-refractivity contribution in [2.45, 2.75) is 32.7 Å². The van der Waals surface area contributed by atoms with Crippen LogP contribution in [0, 0.1) is 6.92 Å². The number of hydrogen-bond donors (Lipinski definition) is 1. The highest BCUT2D eigenvalue weighted by atomic mass is 79.9. The molecule has 0 bridgehead atoms. The monoisotopic (exact) mass is 309 g/mol. The zero-order valence-electron chi connectivity index (χ0n) is 11.0. The Hall–Kier alpha value is -0.800. The molecule has 0 saturated heterocycles. The van der Waals surface area contributed by atoms with Gasteiger partial charge in [0.25, 0.3) is 0 Å². The van der Waals surface area contributed by atoms with E-state index < -0.39 is 0 Å². The highest BCUT2D eigenvalue weighted by molar-refractivity contribution is 9.10. The van der Waals surface area contributed by atoms with E-state index in [9.17, 15) is 0 Å². The summed E-state index contributed by atoms with van der Waals surface area (Å²) >= 11 is 3.57. The minimum Gasteiger partial charge on any atom is -0.496 e. The third-order valence-electron chi connectivity index (χ3n) is 3.05. The molecule has 0 saturated carbocycles. The highest BCUT2D eigenvalue weighted by Gasteiger charge is 2.19. The minimum atomic E-state index is 0.173. The maximum Gasteiger partial charge on any atom is 0.113 e. The summed E-state index contributed by atoms with van der Waals surface area (Å²) in [4.78, 5) is 0. The molecule has 0 aliphatic carbocycles. The van der Waals surface area contributed by atoms with Crippen LogP contribution in [0.4, 0.5) is 0 Å². The molecule has 0 radical (unpaired) electrons. The van der Waals surface area contributed by atoms with Gasteiger partial charge < -0.3 is 10.1 Å². The second-order valence-corrected chi connectivity index (χ2v) is 5.57. The summed E-state index contributed by atoms with van der Waals surface area (Å²) < 4.78 is 6.93. The second kappa shape index (κ2) is 6.39. The van der Waals surface area contributed by atoms with Crippen molar-refractivity contribution in [3.05, 3.63) is 45.6 Å². The molecular formula is C15H20BrNO. The number of halogens is 1. The summed E-state index contributed by atoms with van der Waals surface area (Å²) in [6.07, 6.45) is 4.46. The Bertz CT molecular complexity index is 422. The lowest BCUT2D eigenvalue weighted by Gasteiger charge is -2.25. The lowest BCUT2D eigenvalue weighted by atomic mass is 10.0. The number of hydrogen-bond acceptors (Lipinski definition) is 2. The molecule has 1 unspecified atom stereocenters. The van der Waals surface area contributed by atoms with Gasteiger partial charge in [-0.1, -0.05) is 28.9 Å². The first-order valence-corrected chi connectivity index (χ1v) is 7.33. The average Bonchev–Trinajstić information content (AvgIpc) is 2.36. The quantitative estimate of drug-likeness (QED) is 0.904. The number of nitrogens with one attached hydrogen (secondary N) is 1. The Labute approximate surface area is 118 Å². The molecular weight excluding hydrogens is 290 g/mol. The minimum absolute atomic E-state index is 0.173. The molecule has 1 aromatic carbocycles. The largest absolute Gasteiger partial charge is 0.496 e. The third kappa shape index (κ3) is 3.36. The van der Waals surface area contributed by atoms with Crippen LogP contribution in [0.5, 0.6) is 0 Å². The molecule has 0 fully saturated rings. The van der Waals surface area contributed by atoms with Crippen molar-refractivity contribution in [2.24, 2.45) is 0 Å². The topological polar surface area (TPSA) is 21.3 Å². The molecule has 3 heteroatoms. The van der Waals surface area contributed by atoms with E-state index in [4.69, 9.17) is 4.74 Å². The van der Waals surface area contributed by atoms with Crippen LogP contribution in [-0.4, -0.2) is 13.2 Å². The fourth-order valence-electron chi connectivity index (χ4n) is 2.30. The summed E-state index contributed by atoms with van der Waals surface area (Å²) in [6, 6.07) is 6.69. The van der Waals surface area contributed by atoms with Crippen molar-refractivity contribution in [2.75, 3.05) is 13.2 Å². The SMILES string of the molecule is CCNC(C1=CCCCO1)c1cc(C)cc(Br)c1. The number of likely N-dealkylation sites (N-methyl/N-ethyl adjacent to an activating group) is 1. The van der Waals surface area contributed by atoms with Crippen LogP contribution in [0.1, 0.15) is 36.9 Å². The molecule has 18 heavy (non-hydrogen) atoms. The van der Waals surface area contributed by atoms with Crippen molar-refractivity contribution in [1.82, 2.24) is 5.32 Å². The van der Waals surface area contributed by atoms with Gasteiger partial charge in [-0.15, -0.1) is 0 Å². The average molecular weight is 310 g/mol. The van der Waals surface area contributed by atoms with Crippen molar-refractivity contribution < 1.29 is 4.74 Å². The Morgan fingerprint density at radius 1 is 1.39 bits per heavy atom. The van der Waals surface area contributed by atoms with Gasteiger partial charge in [0.05, 0.1) is 12.6 Å². The number of ether oxygens (including phenoxy) is 1. The molecule has 0 amide bonds. The van der Waals surface area contributed by atoms with Crippen LogP contribution in [0.15, 0.2) is 34.5 Å². The highest BCUT2D eigenvalue weighted by Crippen LogP contribution is 2.28. The zero-order valence-corrected chi connectivity index (χ0v) is 12.6. The van der Waals surface area contributed by atoms with Crippen LogP contribution in [0.3, 0.4) is 0 Å². The third-order valence-corrected chi connectivity index (χ3v) is 3.51. The molecule has 0 aromatic heterocycles. The molecule has 1 aromatic rings. The van der Waals surface area contributed by atoms with Crippen LogP contribution in [0.2, 0.25) is 0 Å². The molecule has 1 aliphatic rings. The Balaban J connectivity index is 2.31. The summed E-state index contributed by atoms with van der Waals surface area (Å²) in [5.41, 5.74) is 2.52. The molecule has 0 spiro atoms. The van der Waals surface area contributed by atoms with Gasteiger partial charge in [-0.05, 0) is 55.6 Å². The maximum atomic E-state index is 5.81. The van der Waals surface area contributed by atoms with Crippen molar-refractivity contribution in [1.29, 1.82) is 0 Å². The smallest absolute Gasteiger partial charge is 0.113 e. The number of allylic oxidation sites excluding steroid dienone is 1. The van der Waals surface area contributed by atoms with Gasteiger partial charge in [-0.2, -0.15) is 0 Å². The van der Waals surface area contributed by atoms with Crippen LogP contribution in [-0.2, 0) is 4.74 Å². The van der Waals surface area contributed by atoms with Gasteiger partial charge in [0, 0.05) is 4.47 Å². The lowest BCUT2D eigenvalue weighted by Crippen LogP contribution is -2.25. The van der Waals surface area contributed by atoms with E-state index in [1.54, 1.807) is 0 Å². The van der Waals surface area contributed by atoms with Gasteiger partial charge in [0.2, 0.25) is 0 Å². The Morgan fingerprint density at radius 2 is 2.22 bits per heavy atom. The summed E-state index contributed by atoms with van der Waals surface area (Å²) in [6.45, 7) is 6.01. The van der Waals surface area contributed by atoms with E-state index in [1.165, 1.54) is 11.1 Å². The summed E-state index contributed by atoms with van der Waals surface area (Å²) in [7, 11) is 0. The van der Waals surface area contributed by atoms with Gasteiger partial charge in [0.1, 0.15) is 5.76 Å². The first-order valence-electron chi connectivity index (χ1n) is 6.54. The lowest BCUT2D eigenvalue weighted by molar-refractivity contribution is 0.168. The standard InChI is InChI=1S/C15H20BrNO/c1-3-17-15(14-6-4-5-7-18-14)12-8-11(2)9-13(16)10-12/h6,8-10,15,17H,3-5,7H2,1-2H3. The van der Waals surface area contributed by atoms with E-state index in [0.717, 1.165) is 36.2 Å². The predicted molar refractivity (Wildman–Crippen MR) is 78.6 cm³/mol.